The number of benzene rings is 1. The van der Waals surface area contributed by atoms with Crippen LogP contribution in [0.5, 0.6) is 0 Å². The van der Waals surface area contributed by atoms with Gasteiger partial charge in [0.25, 0.3) is 0 Å². The standard InChI is InChI=1S/C10H14ClN3O/c1-14(2)6-10(15)13-9-5-7(11)3-4-8(9)12/h3-5H,6,12H2,1-2H3,(H,13,15). The van der Waals surface area contributed by atoms with Crippen molar-refractivity contribution in [3.05, 3.63) is 23.2 Å². The van der Waals surface area contributed by atoms with Gasteiger partial charge < -0.3 is 16.0 Å². The second kappa shape index (κ2) is 5.00. The molecule has 0 aliphatic rings. The molecule has 0 fully saturated rings. The first-order chi connectivity index (χ1) is 6.99. The fourth-order valence-electron chi connectivity index (χ4n) is 1.11. The number of nitrogen functional groups attached to an aromatic ring is 1. The highest BCUT2D eigenvalue weighted by molar-refractivity contribution is 6.31. The summed E-state index contributed by atoms with van der Waals surface area (Å²) in [5.74, 6) is -0.117. The molecule has 0 atom stereocenters. The Hall–Kier alpha value is -1.26. The zero-order valence-corrected chi connectivity index (χ0v) is 9.51. The molecule has 0 radical (unpaired) electrons. The van der Waals surface area contributed by atoms with Crippen molar-refractivity contribution in [3.63, 3.8) is 0 Å². The Labute approximate surface area is 94.0 Å². The van der Waals surface area contributed by atoms with E-state index in [0.717, 1.165) is 0 Å². The predicted molar refractivity (Wildman–Crippen MR) is 63.0 cm³/mol. The normalized spacial score (nSPS) is 10.4. The highest BCUT2D eigenvalue weighted by Crippen LogP contribution is 2.22. The van der Waals surface area contributed by atoms with Crippen molar-refractivity contribution >= 4 is 28.9 Å². The fourth-order valence-corrected chi connectivity index (χ4v) is 1.29. The maximum Gasteiger partial charge on any atom is 0.238 e. The first kappa shape index (κ1) is 11.8. The Morgan fingerprint density at radius 2 is 2.20 bits per heavy atom. The molecular weight excluding hydrogens is 214 g/mol. The lowest BCUT2D eigenvalue weighted by molar-refractivity contribution is -0.116. The van der Waals surface area contributed by atoms with Crippen LogP contribution in [-0.4, -0.2) is 31.4 Å². The highest BCUT2D eigenvalue weighted by atomic mass is 35.5. The van der Waals surface area contributed by atoms with Crippen molar-refractivity contribution in [2.24, 2.45) is 0 Å². The van der Waals surface area contributed by atoms with Crippen LogP contribution in [0.2, 0.25) is 5.02 Å². The second-order valence-corrected chi connectivity index (χ2v) is 3.95. The zero-order valence-electron chi connectivity index (χ0n) is 8.75. The minimum absolute atomic E-state index is 0.117. The monoisotopic (exact) mass is 227 g/mol. The molecule has 4 nitrogen and oxygen atoms in total. The number of halogens is 1. The van der Waals surface area contributed by atoms with E-state index in [1.54, 1.807) is 23.1 Å². The van der Waals surface area contributed by atoms with Crippen LogP contribution in [0.4, 0.5) is 11.4 Å². The van der Waals surface area contributed by atoms with Gasteiger partial charge in [0.2, 0.25) is 5.91 Å². The molecule has 0 unspecified atom stereocenters. The third-order valence-electron chi connectivity index (χ3n) is 1.75. The summed E-state index contributed by atoms with van der Waals surface area (Å²) in [6.45, 7) is 0.311. The van der Waals surface area contributed by atoms with Gasteiger partial charge in [-0.3, -0.25) is 4.79 Å². The van der Waals surface area contributed by atoms with Crippen LogP contribution in [0.15, 0.2) is 18.2 Å². The van der Waals surface area contributed by atoms with Gasteiger partial charge in [0.05, 0.1) is 17.9 Å². The summed E-state index contributed by atoms with van der Waals surface area (Å²) in [6, 6.07) is 4.97. The van der Waals surface area contributed by atoms with Gasteiger partial charge >= 0.3 is 0 Å². The Balaban J connectivity index is 2.71. The van der Waals surface area contributed by atoms with Crippen LogP contribution in [0.1, 0.15) is 0 Å². The third-order valence-corrected chi connectivity index (χ3v) is 1.98. The maximum absolute atomic E-state index is 11.4. The quantitative estimate of drug-likeness (QED) is 0.768. The van der Waals surface area contributed by atoms with E-state index in [9.17, 15) is 4.79 Å². The average molecular weight is 228 g/mol. The van der Waals surface area contributed by atoms with Gasteiger partial charge in [-0.2, -0.15) is 0 Å². The number of carbonyl (C=O) groups is 1. The molecule has 0 bridgehead atoms. The fraction of sp³-hybridized carbons (Fsp3) is 0.300. The Morgan fingerprint density at radius 3 is 2.80 bits per heavy atom. The maximum atomic E-state index is 11.4. The molecule has 0 aliphatic carbocycles. The smallest absolute Gasteiger partial charge is 0.238 e. The molecule has 0 spiro atoms. The van der Waals surface area contributed by atoms with Crippen LogP contribution < -0.4 is 11.1 Å². The molecule has 82 valence electrons. The molecule has 5 heteroatoms. The number of hydrogen-bond donors (Lipinski definition) is 2. The molecule has 15 heavy (non-hydrogen) atoms. The summed E-state index contributed by atoms with van der Waals surface area (Å²) in [6.07, 6.45) is 0. The summed E-state index contributed by atoms with van der Waals surface area (Å²) < 4.78 is 0. The number of anilines is 2. The lowest BCUT2D eigenvalue weighted by Crippen LogP contribution is -2.27. The van der Waals surface area contributed by atoms with Crippen molar-refractivity contribution in [2.75, 3.05) is 31.7 Å². The molecule has 1 rings (SSSR count). The number of nitrogens with one attached hydrogen (secondary N) is 1. The molecule has 0 saturated heterocycles. The zero-order chi connectivity index (χ0) is 11.4. The molecule has 0 heterocycles. The van der Waals surface area contributed by atoms with Gasteiger partial charge in [-0.1, -0.05) is 11.6 Å². The van der Waals surface area contributed by atoms with Gasteiger partial charge in [-0.05, 0) is 32.3 Å². The van der Waals surface area contributed by atoms with E-state index in [2.05, 4.69) is 5.32 Å². The van der Waals surface area contributed by atoms with E-state index in [1.807, 2.05) is 14.1 Å². The van der Waals surface area contributed by atoms with E-state index in [4.69, 9.17) is 17.3 Å². The summed E-state index contributed by atoms with van der Waals surface area (Å²) >= 11 is 5.79. The van der Waals surface area contributed by atoms with E-state index in [0.29, 0.717) is 22.9 Å². The lowest BCUT2D eigenvalue weighted by atomic mass is 10.2. The van der Waals surface area contributed by atoms with E-state index in [1.165, 1.54) is 0 Å². The van der Waals surface area contributed by atoms with Gasteiger partial charge in [-0.25, -0.2) is 0 Å². The number of rotatable bonds is 3. The van der Waals surface area contributed by atoms with Crippen LogP contribution in [0, 0.1) is 0 Å². The molecule has 1 aromatic carbocycles. The number of hydrogen-bond acceptors (Lipinski definition) is 3. The largest absolute Gasteiger partial charge is 0.397 e. The Morgan fingerprint density at radius 1 is 1.53 bits per heavy atom. The van der Waals surface area contributed by atoms with Gasteiger partial charge in [0.15, 0.2) is 0 Å². The van der Waals surface area contributed by atoms with Crippen molar-refractivity contribution < 1.29 is 4.79 Å². The van der Waals surface area contributed by atoms with Crippen LogP contribution in [0.25, 0.3) is 0 Å². The van der Waals surface area contributed by atoms with E-state index < -0.39 is 0 Å². The van der Waals surface area contributed by atoms with Gasteiger partial charge in [0.1, 0.15) is 0 Å². The summed E-state index contributed by atoms with van der Waals surface area (Å²) in [7, 11) is 3.64. The van der Waals surface area contributed by atoms with E-state index in [-0.39, 0.29) is 5.91 Å². The minimum Gasteiger partial charge on any atom is -0.397 e. The Bertz CT molecular complexity index is 366. The molecule has 1 amide bonds. The Kier molecular flexibility index (Phi) is 3.94. The number of carbonyl (C=O) groups excluding carboxylic acids is 1. The second-order valence-electron chi connectivity index (χ2n) is 3.52. The van der Waals surface area contributed by atoms with Crippen molar-refractivity contribution in [1.82, 2.24) is 4.90 Å². The SMILES string of the molecule is CN(C)CC(=O)Nc1cc(Cl)ccc1N. The number of nitrogens with two attached hydrogens (primary N) is 1. The van der Waals surface area contributed by atoms with Gasteiger partial charge in [-0.15, -0.1) is 0 Å². The third kappa shape index (κ3) is 3.77. The number of nitrogens with zero attached hydrogens (tertiary/aromatic N) is 1. The van der Waals surface area contributed by atoms with Crippen LogP contribution in [0.3, 0.4) is 0 Å². The average Bonchev–Trinajstić information content (AvgIpc) is 2.10. The molecule has 0 saturated carbocycles. The first-order valence-corrected chi connectivity index (χ1v) is 4.86. The van der Waals surface area contributed by atoms with Crippen LogP contribution >= 0.6 is 11.6 Å². The van der Waals surface area contributed by atoms with Crippen molar-refractivity contribution in [1.29, 1.82) is 0 Å². The highest BCUT2D eigenvalue weighted by Gasteiger charge is 2.06. The van der Waals surface area contributed by atoms with Gasteiger partial charge in [0, 0.05) is 5.02 Å². The molecule has 0 aliphatic heterocycles. The minimum atomic E-state index is -0.117. The number of amides is 1. The van der Waals surface area contributed by atoms with E-state index >= 15 is 0 Å². The molecular formula is C10H14ClN3O. The molecule has 0 aromatic heterocycles. The lowest BCUT2D eigenvalue weighted by Gasteiger charge is -2.11. The summed E-state index contributed by atoms with van der Waals surface area (Å²) in [4.78, 5) is 13.2. The summed E-state index contributed by atoms with van der Waals surface area (Å²) in [5.41, 5.74) is 6.74. The van der Waals surface area contributed by atoms with Crippen molar-refractivity contribution in [3.8, 4) is 0 Å². The van der Waals surface area contributed by atoms with Crippen LogP contribution in [-0.2, 0) is 4.79 Å². The topological polar surface area (TPSA) is 58.4 Å². The molecule has 1 aromatic rings. The summed E-state index contributed by atoms with van der Waals surface area (Å²) in [5, 5.41) is 3.24. The number of likely N-dealkylation sites (N-methyl/N-ethyl adjacent to an activating group) is 1. The first-order valence-electron chi connectivity index (χ1n) is 4.48. The van der Waals surface area contributed by atoms with Crippen molar-refractivity contribution in [2.45, 2.75) is 0 Å². The molecule has 3 N–H and O–H groups in total. The predicted octanol–water partition coefficient (Wildman–Crippen LogP) is 1.42.